The molecule has 338 valence electrons. The van der Waals surface area contributed by atoms with Crippen molar-refractivity contribution in [2.75, 3.05) is 0 Å². The van der Waals surface area contributed by atoms with Gasteiger partial charge in [0, 0.05) is 17.3 Å². The predicted octanol–water partition coefficient (Wildman–Crippen LogP) is 18.2. The highest BCUT2D eigenvalue weighted by atomic mass is 14.4. The van der Waals surface area contributed by atoms with Gasteiger partial charge in [0.25, 0.3) is 0 Å². The largest absolute Gasteiger partial charge is 0.124 e. The average Bonchev–Trinajstić information content (AvgIpc) is 3.40. The highest BCUT2D eigenvalue weighted by Gasteiger charge is 2.37. The third-order valence-corrected chi connectivity index (χ3v) is 14.3. The molecule has 2 atom stereocenters. The first kappa shape index (κ1) is 48.6. The molecule has 0 aromatic heterocycles. The van der Waals surface area contributed by atoms with Crippen molar-refractivity contribution < 1.29 is 0 Å². The molecule has 0 nitrogen and oxygen atoms in total. The van der Waals surface area contributed by atoms with E-state index in [1.165, 1.54) is 105 Å². The van der Waals surface area contributed by atoms with Crippen LogP contribution in [-0.2, 0) is 12.8 Å². The topological polar surface area (TPSA) is 0 Å². The second-order valence-corrected chi connectivity index (χ2v) is 18.2. The van der Waals surface area contributed by atoms with Gasteiger partial charge in [-0.25, -0.2) is 0 Å². The number of allylic oxidation sites excluding steroid dienone is 24. The van der Waals surface area contributed by atoms with Crippen LogP contribution in [0, 0.1) is 31.1 Å². The molecule has 0 radical (unpaired) electrons. The van der Waals surface area contributed by atoms with Crippen LogP contribution >= 0.6 is 0 Å². The van der Waals surface area contributed by atoms with Gasteiger partial charge in [-0.05, 0) is 154 Å². The van der Waals surface area contributed by atoms with E-state index in [0.717, 1.165) is 12.8 Å². The van der Waals surface area contributed by atoms with Crippen molar-refractivity contribution in [3.63, 3.8) is 0 Å². The van der Waals surface area contributed by atoms with E-state index in [-0.39, 0.29) is 17.3 Å². The normalized spacial score (nSPS) is 21.8. The zero-order valence-electron chi connectivity index (χ0n) is 41.6. The molecule has 0 saturated carbocycles. The van der Waals surface area contributed by atoms with Crippen LogP contribution in [0.25, 0.3) is 32.7 Å². The minimum atomic E-state index is -0.173. The molecule has 0 amide bonds. The Morgan fingerprint density at radius 1 is 0.691 bits per heavy atom. The summed E-state index contributed by atoms with van der Waals surface area (Å²) >= 11 is 0. The lowest BCUT2D eigenvalue weighted by Gasteiger charge is -2.37. The monoisotopic (exact) mass is 883 g/mol. The maximum Gasteiger partial charge on any atom is 0.0206 e. The highest BCUT2D eigenvalue weighted by Crippen LogP contribution is 2.51. The van der Waals surface area contributed by atoms with Gasteiger partial charge in [0.1, 0.15) is 0 Å². The van der Waals surface area contributed by atoms with E-state index < -0.39 is 0 Å². The number of terminal acetylenes is 1. The second kappa shape index (κ2) is 21.9. The molecule has 5 aromatic rings. The summed E-state index contributed by atoms with van der Waals surface area (Å²) in [7, 11) is 0. The molecule has 4 aliphatic carbocycles. The van der Waals surface area contributed by atoms with Gasteiger partial charge in [-0.2, -0.15) is 0 Å². The van der Waals surface area contributed by atoms with E-state index in [4.69, 9.17) is 0 Å². The Labute approximate surface area is 408 Å². The molecule has 0 aliphatic heterocycles. The molecule has 68 heavy (non-hydrogen) atoms. The van der Waals surface area contributed by atoms with Crippen LogP contribution in [0.5, 0.6) is 0 Å². The van der Waals surface area contributed by atoms with E-state index in [9.17, 15) is 0 Å². The van der Waals surface area contributed by atoms with Crippen molar-refractivity contribution in [1.82, 2.24) is 0 Å². The molecule has 0 N–H and O–H groups in total. The van der Waals surface area contributed by atoms with Crippen molar-refractivity contribution in [3.05, 3.63) is 272 Å². The molecule has 0 heteroatoms. The number of hydrogen-bond acceptors (Lipinski definition) is 0. The van der Waals surface area contributed by atoms with Gasteiger partial charge >= 0.3 is 0 Å². The maximum atomic E-state index is 4.00. The smallest absolute Gasteiger partial charge is 0.0206 e. The summed E-state index contributed by atoms with van der Waals surface area (Å²) in [5.74, 6) is 0.437. The summed E-state index contributed by atoms with van der Waals surface area (Å²) in [5, 5.41) is 5.26. The van der Waals surface area contributed by atoms with Crippen molar-refractivity contribution in [1.29, 1.82) is 0 Å². The number of rotatable bonds is 9. The van der Waals surface area contributed by atoms with E-state index in [1.54, 1.807) is 0 Å². The fourth-order valence-corrected chi connectivity index (χ4v) is 10.3. The van der Waals surface area contributed by atoms with Crippen LogP contribution in [0.15, 0.2) is 250 Å². The fraction of sp³-hybridized carbons (Fsp3) is 0.206. The Kier molecular flexibility index (Phi) is 15.7. The van der Waals surface area contributed by atoms with Gasteiger partial charge in [0.2, 0.25) is 0 Å². The Morgan fingerprint density at radius 2 is 1.35 bits per heavy atom. The summed E-state index contributed by atoms with van der Waals surface area (Å²) < 4.78 is 0. The van der Waals surface area contributed by atoms with Gasteiger partial charge in [0.05, 0.1) is 0 Å². The average molecular weight is 883 g/mol. The number of fused-ring (bicyclic) bond motifs is 3. The summed E-state index contributed by atoms with van der Waals surface area (Å²) in [6, 6.07) is 36.0. The van der Waals surface area contributed by atoms with Gasteiger partial charge in [-0.15, -0.1) is 12.8 Å². The van der Waals surface area contributed by atoms with Crippen LogP contribution < -0.4 is 0 Å². The van der Waals surface area contributed by atoms with Crippen LogP contribution in [0.4, 0.5) is 0 Å². The summed E-state index contributed by atoms with van der Waals surface area (Å²) in [5.41, 5.74) is 26.2. The Morgan fingerprint density at radius 3 is 2.03 bits per heavy atom. The summed E-state index contributed by atoms with van der Waals surface area (Å²) in [4.78, 5) is 0. The zero-order valence-corrected chi connectivity index (χ0v) is 41.6. The van der Waals surface area contributed by atoms with Gasteiger partial charge in [0.15, 0.2) is 0 Å². The van der Waals surface area contributed by atoms with E-state index in [0.29, 0.717) is 0 Å². The van der Waals surface area contributed by atoms with Crippen molar-refractivity contribution >= 4 is 21.5 Å². The minimum Gasteiger partial charge on any atom is -0.124 e. The lowest BCUT2D eigenvalue weighted by atomic mass is 9.65. The lowest BCUT2D eigenvalue weighted by molar-refractivity contribution is 0.534. The molecule has 2 unspecified atom stereocenters. The highest BCUT2D eigenvalue weighted by molar-refractivity contribution is 6.15. The Hall–Kier alpha value is -7.38. The summed E-state index contributed by atoms with van der Waals surface area (Å²) in [6.07, 6.45) is 43.7. The second-order valence-electron chi connectivity index (χ2n) is 18.2. The summed E-state index contributed by atoms with van der Waals surface area (Å²) in [6.45, 7) is 20.0. The molecule has 5 aromatic carbocycles. The molecule has 0 bridgehead atoms. The third-order valence-electron chi connectivity index (χ3n) is 14.3. The van der Waals surface area contributed by atoms with Crippen LogP contribution in [0.3, 0.4) is 0 Å². The van der Waals surface area contributed by atoms with Crippen LogP contribution in [0.2, 0.25) is 0 Å². The Bertz CT molecular complexity index is 3160. The standard InChI is InChI=1S/C64H58.C2H6.C2H2/c1-8-9-10-14-27-52-53-28-15-17-30-55(53)62(56-31-18-16-29-54(52)56)49-40-39-47(44(3)41-49)26-23-36-51-43(2)37-38-50(42-45(4)64(6,7)46(51)5)63-59-34-21-19-32-57(59)61(48-24-12-11-13-25-48)58-33-20-22-35-60(58)63;2*1-2/h8-19,21,23-25,28-42,57,61H,26-27H2,1-7H3;1-2H3;1-2H/b9-8-,14-10-,36-23-,43-37-,45-42+,50-38+,51-46-;;. The van der Waals surface area contributed by atoms with Crippen LogP contribution in [-0.4, -0.2) is 0 Å². The van der Waals surface area contributed by atoms with E-state index >= 15 is 0 Å². The van der Waals surface area contributed by atoms with Gasteiger partial charge in [-0.1, -0.05) is 226 Å². The first-order valence-corrected chi connectivity index (χ1v) is 24.3. The first-order valence-electron chi connectivity index (χ1n) is 24.3. The molecule has 0 heterocycles. The molecular formula is C68H66. The first-order chi connectivity index (χ1) is 33.2. The quantitative estimate of drug-likeness (QED) is 0.0599. The maximum absolute atomic E-state index is 4.00. The lowest BCUT2D eigenvalue weighted by Crippen LogP contribution is -2.24. The SMILES string of the molecule is C#C.C/C=C\C=C/Cc1c2ccccc2c(-c2ccc(C\C=C/C3=C(\C)C(C)(C)\C(C)=C\C(C4=C5C=CC=CC5C(c5ccccc5)C5=C4C=C=C=C5)=C/C=C\3C)c(C)c2)c2ccccc12.CC. The molecule has 0 fully saturated rings. The minimum absolute atomic E-state index is 0.173. The fourth-order valence-electron chi connectivity index (χ4n) is 10.3. The predicted molar refractivity (Wildman–Crippen MR) is 297 cm³/mol. The van der Waals surface area contributed by atoms with Crippen LogP contribution in [0.1, 0.15) is 83.6 Å². The van der Waals surface area contributed by atoms with Gasteiger partial charge < -0.3 is 0 Å². The number of hydrogen-bond donors (Lipinski definition) is 0. The van der Waals surface area contributed by atoms with Crippen molar-refractivity contribution in [2.24, 2.45) is 11.3 Å². The van der Waals surface area contributed by atoms with E-state index in [1.807, 2.05) is 13.8 Å². The zero-order chi connectivity index (χ0) is 48.4. The van der Waals surface area contributed by atoms with Gasteiger partial charge in [-0.3, -0.25) is 0 Å². The third kappa shape index (κ3) is 9.57. The van der Waals surface area contributed by atoms with E-state index in [2.05, 4.69) is 261 Å². The number of benzene rings is 5. The molecule has 0 saturated heterocycles. The molecule has 9 rings (SSSR count). The molecule has 0 spiro atoms. The molecular weight excluding hydrogens is 817 g/mol. The Balaban J connectivity index is 0.00000167. The molecule has 4 aliphatic rings. The van der Waals surface area contributed by atoms with Crippen molar-refractivity contribution in [2.45, 2.75) is 81.1 Å². The number of aryl methyl sites for hydroxylation is 1. The van der Waals surface area contributed by atoms with Crippen molar-refractivity contribution in [3.8, 4) is 24.0 Å².